The number of ether oxygens (including phenoxy) is 3. The van der Waals surface area contributed by atoms with E-state index < -0.39 is 10.0 Å². The summed E-state index contributed by atoms with van der Waals surface area (Å²) < 4.78 is 44.2. The summed E-state index contributed by atoms with van der Waals surface area (Å²) in [5, 5.41) is 8.82. The molecule has 1 saturated heterocycles. The molecule has 2 heterocycles. The largest absolute Gasteiger partial charge is 0.490 e. The third kappa shape index (κ3) is 4.79. The third-order valence-corrected chi connectivity index (χ3v) is 7.19. The van der Waals surface area contributed by atoms with Crippen LogP contribution in [0.3, 0.4) is 0 Å². The summed E-state index contributed by atoms with van der Waals surface area (Å²) in [7, 11) is -3.72. The molecule has 9 nitrogen and oxygen atoms in total. The van der Waals surface area contributed by atoms with Crippen LogP contribution in [0.5, 0.6) is 17.2 Å². The van der Waals surface area contributed by atoms with E-state index in [1.807, 2.05) is 6.07 Å². The number of rotatable bonds is 5. The van der Waals surface area contributed by atoms with Crippen molar-refractivity contribution in [1.82, 2.24) is 9.21 Å². The number of hydrogen-bond donors (Lipinski definition) is 0. The zero-order valence-electron chi connectivity index (χ0n) is 17.4. The molecule has 0 bridgehead atoms. The predicted molar refractivity (Wildman–Crippen MR) is 114 cm³/mol. The molecule has 10 heteroatoms. The second-order valence-electron chi connectivity index (χ2n) is 7.37. The maximum Gasteiger partial charge on any atom is 0.260 e. The smallest absolute Gasteiger partial charge is 0.260 e. The van der Waals surface area contributed by atoms with E-state index in [-0.39, 0.29) is 43.6 Å². The molecule has 0 saturated carbocycles. The van der Waals surface area contributed by atoms with Gasteiger partial charge in [-0.25, -0.2) is 8.42 Å². The molecule has 0 aliphatic carbocycles. The number of carbonyl (C=O) groups excluding carboxylic acids is 1. The topological polar surface area (TPSA) is 109 Å². The second kappa shape index (κ2) is 9.46. The van der Waals surface area contributed by atoms with Crippen LogP contribution in [0.25, 0.3) is 0 Å². The Kier molecular flexibility index (Phi) is 6.48. The number of nitrogens with zero attached hydrogens (tertiary/aromatic N) is 3. The summed E-state index contributed by atoms with van der Waals surface area (Å²) in [4.78, 5) is 14.2. The van der Waals surface area contributed by atoms with Crippen LogP contribution < -0.4 is 14.2 Å². The molecule has 2 aliphatic rings. The molecule has 1 amide bonds. The number of fused-ring (bicyclic) bond motifs is 1. The molecule has 0 atom stereocenters. The maximum atomic E-state index is 13.1. The van der Waals surface area contributed by atoms with Crippen molar-refractivity contribution >= 4 is 15.9 Å². The maximum absolute atomic E-state index is 13.1. The average molecular weight is 458 g/mol. The number of amides is 1. The molecule has 0 radical (unpaired) electrons. The summed E-state index contributed by atoms with van der Waals surface area (Å²) >= 11 is 0. The van der Waals surface area contributed by atoms with Crippen LogP contribution in [0, 0.1) is 11.3 Å². The summed E-state index contributed by atoms with van der Waals surface area (Å²) in [6, 6.07) is 13.1. The van der Waals surface area contributed by atoms with E-state index in [9.17, 15) is 13.2 Å². The molecule has 0 spiro atoms. The Bertz CT molecular complexity index is 1120. The van der Waals surface area contributed by atoms with Crippen LogP contribution >= 0.6 is 0 Å². The van der Waals surface area contributed by atoms with E-state index in [4.69, 9.17) is 19.5 Å². The van der Waals surface area contributed by atoms with Crippen molar-refractivity contribution < 1.29 is 27.4 Å². The van der Waals surface area contributed by atoms with Crippen molar-refractivity contribution in [2.75, 3.05) is 46.0 Å². The molecule has 2 aromatic carbocycles. The molecule has 0 unspecified atom stereocenters. The van der Waals surface area contributed by atoms with Gasteiger partial charge in [0.2, 0.25) is 10.0 Å². The summed E-state index contributed by atoms with van der Waals surface area (Å²) in [6.45, 7) is 1.80. The number of nitriles is 1. The van der Waals surface area contributed by atoms with Gasteiger partial charge in [-0.05, 0) is 36.4 Å². The van der Waals surface area contributed by atoms with Crippen LogP contribution in [-0.2, 0) is 14.8 Å². The molecular weight excluding hydrogens is 434 g/mol. The molecule has 0 aromatic heterocycles. The SMILES string of the molecule is N#Cc1ccc(OCC(=O)N2CCN(S(=O)(=O)c3ccc4c(c3)OCCCO4)CC2)cc1. The summed E-state index contributed by atoms with van der Waals surface area (Å²) in [5.74, 6) is 1.24. The Labute approximate surface area is 186 Å². The van der Waals surface area contributed by atoms with Crippen molar-refractivity contribution in [1.29, 1.82) is 5.26 Å². The van der Waals surface area contributed by atoms with Crippen LogP contribution in [0.4, 0.5) is 0 Å². The second-order valence-corrected chi connectivity index (χ2v) is 9.31. The number of sulfonamides is 1. The predicted octanol–water partition coefficient (Wildman–Crippen LogP) is 1.63. The minimum Gasteiger partial charge on any atom is -0.490 e. The highest BCUT2D eigenvalue weighted by atomic mass is 32.2. The molecular formula is C22H23N3O6S. The summed E-state index contributed by atoms with van der Waals surface area (Å²) in [5.41, 5.74) is 0.509. The van der Waals surface area contributed by atoms with E-state index in [1.165, 1.54) is 16.4 Å². The van der Waals surface area contributed by atoms with Gasteiger partial charge >= 0.3 is 0 Å². The molecule has 2 aromatic rings. The van der Waals surface area contributed by atoms with Gasteiger partial charge in [0.15, 0.2) is 18.1 Å². The fourth-order valence-electron chi connectivity index (χ4n) is 3.49. The first kappa shape index (κ1) is 21.9. The number of benzene rings is 2. The Morgan fingerprint density at radius 2 is 1.69 bits per heavy atom. The first-order chi connectivity index (χ1) is 15.5. The fourth-order valence-corrected chi connectivity index (χ4v) is 4.93. The van der Waals surface area contributed by atoms with Gasteiger partial charge in [-0.1, -0.05) is 0 Å². The van der Waals surface area contributed by atoms with Crippen molar-refractivity contribution in [2.45, 2.75) is 11.3 Å². The van der Waals surface area contributed by atoms with Crippen molar-refractivity contribution in [3.05, 3.63) is 48.0 Å². The van der Waals surface area contributed by atoms with Gasteiger partial charge in [0.05, 0.1) is 29.7 Å². The lowest BCUT2D eigenvalue weighted by molar-refractivity contribution is -0.134. The number of carbonyl (C=O) groups is 1. The van der Waals surface area contributed by atoms with Gasteiger partial charge < -0.3 is 19.1 Å². The lowest BCUT2D eigenvalue weighted by Gasteiger charge is -2.34. The first-order valence-corrected chi connectivity index (χ1v) is 11.7. The van der Waals surface area contributed by atoms with Gasteiger partial charge in [0, 0.05) is 38.7 Å². The van der Waals surface area contributed by atoms with Crippen LogP contribution in [0.2, 0.25) is 0 Å². The Hall–Kier alpha value is -3.29. The zero-order valence-corrected chi connectivity index (χ0v) is 18.2. The van der Waals surface area contributed by atoms with E-state index in [1.54, 1.807) is 35.2 Å². The Morgan fingerprint density at radius 3 is 2.38 bits per heavy atom. The first-order valence-electron chi connectivity index (χ1n) is 10.3. The summed E-state index contributed by atoms with van der Waals surface area (Å²) in [6.07, 6.45) is 0.738. The van der Waals surface area contributed by atoms with Gasteiger partial charge in [-0.15, -0.1) is 0 Å². The molecule has 4 rings (SSSR count). The lowest BCUT2D eigenvalue weighted by Crippen LogP contribution is -2.51. The van der Waals surface area contributed by atoms with Crippen LogP contribution in [0.1, 0.15) is 12.0 Å². The third-order valence-electron chi connectivity index (χ3n) is 5.29. The zero-order chi connectivity index (χ0) is 22.6. The standard InChI is InChI=1S/C22H23N3O6S/c23-15-17-2-4-18(5-3-17)31-16-22(26)24-8-10-25(11-9-24)32(27,28)19-6-7-20-21(14-19)30-13-1-12-29-20/h2-7,14H,1,8-13,16H2. The van der Waals surface area contributed by atoms with Gasteiger partial charge in [-0.2, -0.15) is 9.57 Å². The average Bonchev–Trinajstić information content (AvgIpc) is 3.08. The molecule has 0 N–H and O–H groups in total. The molecule has 2 aliphatic heterocycles. The number of hydrogen-bond acceptors (Lipinski definition) is 7. The molecule has 168 valence electrons. The van der Waals surface area contributed by atoms with Crippen molar-refractivity contribution in [2.24, 2.45) is 0 Å². The van der Waals surface area contributed by atoms with E-state index in [0.29, 0.717) is 36.0 Å². The van der Waals surface area contributed by atoms with Gasteiger partial charge in [0.1, 0.15) is 5.75 Å². The van der Waals surface area contributed by atoms with Gasteiger partial charge in [0.25, 0.3) is 5.91 Å². The van der Waals surface area contributed by atoms with Gasteiger partial charge in [-0.3, -0.25) is 4.79 Å². The van der Waals surface area contributed by atoms with E-state index >= 15 is 0 Å². The lowest BCUT2D eigenvalue weighted by atomic mass is 10.2. The Balaban J connectivity index is 1.33. The van der Waals surface area contributed by atoms with E-state index in [2.05, 4.69) is 0 Å². The Morgan fingerprint density at radius 1 is 1.00 bits per heavy atom. The molecule has 1 fully saturated rings. The molecule has 32 heavy (non-hydrogen) atoms. The normalized spacial score (nSPS) is 16.7. The van der Waals surface area contributed by atoms with Crippen LogP contribution in [-0.4, -0.2) is 69.5 Å². The number of piperazine rings is 1. The minimum absolute atomic E-state index is 0.144. The highest BCUT2D eigenvalue weighted by molar-refractivity contribution is 7.89. The monoisotopic (exact) mass is 457 g/mol. The quantitative estimate of drug-likeness (QED) is 0.671. The van der Waals surface area contributed by atoms with Crippen molar-refractivity contribution in [3.63, 3.8) is 0 Å². The highest BCUT2D eigenvalue weighted by Gasteiger charge is 2.31. The van der Waals surface area contributed by atoms with Crippen LogP contribution in [0.15, 0.2) is 47.4 Å². The minimum atomic E-state index is -3.72. The van der Waals surface area contributed by atoms with Crippen molar-refractivity contribution in [3.8, 4) is 23.3 Å². The fraction of sp³-hybridized carbons (Fsp3) is 0.364. The highest BCUT2D eigenvalue weighted by Crippen LogP contribution is 2.33. The van der Waals surface area contributed by atoms with E-state index in [0.717, 1.165) is 6.42 Å².